The molecule has 1 amide bonds. The molecule has 8 nitrogen and oxygen atoms in total. The van der Waals surface area contributed by atoms with Crippen LogP contribution < -0.4 is 5.32 Å². The van der Waals surface area contributed by atoms with Crippen molar-refractivity contribution in [2.75, 3.05) is 11.9 Å². The summed E-state index contributed by atoms with van der Waals surface area (Å²) in [6.07, 6.45) is 0.912. The average Bonchev–Trinajstić information content (AvgIpc) is 3.42. The molecule has 0 bridgehead atoms. The summed E-state index contributed by atoms with van der Waals surface area (Å²) in [6.45, 7) is 2.12. The van der Waals surface area contributed by atoms with Crippen LogP contribution in [0.4, 0.5) is 5.69 Å². The van der Waals surface area contributed by atoms with Crippen LogP contribution in [0.2, 0.25) is 0 Å². The Kier molecular flexibility index (Phi) is 5.21. The first-order valence-corrected chi connectivity index (χ1v) is 12.9. The van der Waals surface area contributed by atoms with Gasteiger partial charge in [-0.3, -0.25) is 4.79 Å². The van der Waals surface area contributed by atoms with Gasteiger partial charge in [0.1, 0.15) is 15.9 Å². The van der Waals surface area contributed by atoms with E-state index in [1.54, 1.807) is 35.0 Å². The van der Waals surface area contributed by atoms with Gasteiger partial charge in [0.05, 0.1) is 27.5 Å². The van der Waals surface area contributed by atoms with Crippen molar-refractivity contribution in [3.8, 4) is 0 Å². The quantitative estimate of drug-likeness (QED) is 0.484. The lowest BCUT2D eigenvalue weighted by Crippen LogP contribution is -2.46. The molecule has 1 fully saturated rings. The zero-order valence-electron chi connectivity index (χ0n) is 16.6. The molecule has 4 aromatic rings. The van der Waals surface area contributed by atoms with Crippen molar-refractivity contribution in [2.24, 2.45) is 5.92 Å². The summed E-state index contributed by atoms with van der Waals surface area (Å²) in [5, 5.41) is 2.96. The van der Waals surface area contributed by atoms with Crippen LogP contribution in [0.3, 0.4) is 0 Å². The number of nitrogens with one attached hydrogen (secondary N) is 1. The predicted octanol–water partition coefficient (Wildman–Crippen LogP) is 3.73. The summed E-state index contributed by atoms with van der Waals surface area (Å²) in [5.41, 5.74) is 4.30. The molecule has 0 aliphatic carbocycles. The highest BCUT2D eigenvalue weighted by Crippen LogP contribution is 2.32. The SMILES string of the molecule is C[C@@H]1C[C@H](C(=O)Nc2ccc3scnc3c2)CCN1S(=O)(=O)c1cccc2nsnc12. The second-order valence-electron chi connectivity index (χ2n) is 7.60. The maximum atomic E-state index is 13.3. The van der Waals surface area contributed by atoms with Crippen molar-refractivity contribution in [2.45, 2.75) is 30.7 Å². The molecule has 1 N–H and O–H groups in total. The molecule has 2 aromatic heterocycles. The Morgan fingerprint density at radius 3 is 2.90 bits per heavy atom. The minimum absolute atomic E-state index is 0.0933. The number of nitrogens with zero attached hydrogens (tertiary/aromatic N) is 4. The molecular formula is C20H19N5O3S3. The third-order valence-corrected chi connectivity index (χ3v) is 9.02. The lowest BCUT2D eigenvalue weighted by molar-refractivity contribution is -0.121. The van der Waals surface area contributed by atoms with Gasteiger partial charge in [0.15, 0.2) is 0 Å². The zero-order valence-corrected chi connectivity index (χ0v) is 19.0. The molecule has 31 heavy (non-hydrogen) atoms. The van der Waals surface area contributed by atoms with Crippen LogP contribution in [-0.2, 0) is 14.8 Å². The topological polar surface area (TPSA) is 105 Å². The highest BCUT2D eigenvalue weighted by atomic mass is 32.2. The van der Waals surface area contributed by atoms with Gasteiger partial charge in [-0.2, -0.15) is 13.1 Å². The summed E-state index contributed by atoms with van der Waals surface area (Å²) in [6, 6.07) is 10.4. The Balaban J connectivity index is 1.31. The van der Waals surface area contributed by atoms with Gasteiger partial charge in [-0.25, -0.2) is 13.4 Å². The number of benzene rings is 2. The number of fused-ring (bicyclic) bond motifs is 2. The Labute approximate surface area is 187 Å². The average molecular weight is 474 g/mol. The molecule has 0 saturated carbocycles. The van der Waals surface area contributed by atoms with Crippen LogP contribution in [0.25, 0.3) is 21.3 Å². The van der Waals surface area contributed by atoms with Gasteiger partial charge in [0.25, 0.3) is 0 Å². The molecule has 0 radical (unpaired) electrons. The smallest absolute Gasteiger partial charge is 0.245 e. The first-order valence-electron chi connectivity index (χ1n) is 9.81. The Hall–Kier alpha value is -2.47. The standard InChI is InChI=1S/C20H19N5O3S3/c1-12-9-13(20(26)22-14-5-6-17-16(10-14)21-11-29-17)7-8-25(12)31(27,28)18-4-2-3-15-19(18)24-30-23-15/h2-6,10-13H,7-9H2,1H3,(H,22,26)/t12-,13-/m1/s1. The second-order valence-corrected chi connectivity index (χ2v) is 10.9. The van der Waals surface area contributed by atoms with Crippen LogP contribution in [0.5, 0.6) is 0 Å². The van der Waals surface area contributed by atoms with Crippen LogP contribution in [0.1, 0.15) is 19.8 Å². The summed E-state index contributed by atoms with van der Waals surface area (Å²) in [4.78, 5) is 17.3. The minimum atomic E-state index is -3.73. The fraction of sp³-hybridized carbons (Fsp3) is 0.300. The van der Waals surface area contributed by atoms with E-state index >= 15 is 0 Å². The maximum absolute atomic E-state index is 13.3. The zero-order chi connectivity index (χ0) is 21.6. The van der Waals surface area contributed by atoms with Crippen LogP contribution in [0, 0.1) is 5.92 Å². The normalized spacial score (nSPS) is 20.3. The van der Waals surface area contributed by atoms with Crippen molar-refractivity contribution < 1.29 is 13.2 Å². The van der Waals surface area contributed by atoms with E-state index in [2.05, 4.69) is 19.0 Å². The number of anilines is 1. The highest BCUT2D eigenvalue weighted by Gasteiger charge is 2.38. The maximum Gasteiger partial charge on any atom is 0.245 e. The Morgan fingerprint density at radius 1 is 1.19 bits per heavy atom. The number of amides is 1. The van der Waals surface area contributed by atoms with Gasteiger partial charge in [0, 0.05) is 24.2 Å². The number of carbonyl (C=O) groups excluding carboxylic acids is 1. The number of carbonyl (C=O) groups is 1. The first kappa shape index (κ1) is 20.4. The molecule has 3 heterocycles. The number of aromatic nitrogens is 3. The Bertz CT molecular complexity index is 1380. The van der Waals surface area contributed by atoms with E-state index in [1.165, 1.54) is 4.31 Å². The van der Waals surface area contributed by atoms with E-state index < -0.39 is 10.0 Å². The van der Waals surface area contributed by atoms with Crippen LogP contribution >= 0.6 is 23.1 Å². The van der Waals surface area contributed by atoms with Crippen LogP contribution in [-0.4, -0.2) is 44.9 Å². The van der Waals surface area contributed by atoms with Crippen molar-refractivity contribution in [3.05, 3.63) is 41.9 Å². The summed E-state index contributed by atoms with van der Waals surface area (Å²) < 4.78 is 37.5. The number of thiazole rings is 1. The van der Waals surface area contributed by atoms with Crippen molar-refractivity contribution in [1.29, 1.82) is 0 Å². The minimum Gasteiger partial charge on any atom is -0.326 e. The largest absolute Gasteiger partial charge is 0.326 e. The summed E-state index contributed by atoms with van der Waals surface area (Å²) in [5.74, 6) is -0.353. The monoisotopic (exact) mass is 473 g/mol. The van der Waals surface area contributed by atoms with E-state index in [0.29, 0.717) is 29.6 Å². The Morgan fingerprint density at radius 2 is 2.06 bits per heavy atom. The highest BCUT2D eigenvalue weighted by molar-refractivity contribution is 7.89. The van der Waals surface area contributed by atoms with E-state index in [1.807, 2.05) is 25.1 Å². The molecule has 1 aliphatic heterocycles. The molecule has 1 aliphatic rings. The van der Waals surface area contributed by atoms with Gasteiger partial charge in [-0.05, 0) is 50.1 Å². The van der Waals surface area contributed by atoms with E-state index in [4.69, 9.17) is 0 Å². The number of hydrogen-bond donors (Lipinski definition) is 1. The lowest BCUT2D eigenvalue weighted by Gasteiger charge is -2.36. The van der Waals surface area contributed by atoms with Crippen molar-refractivity contribution in [3.63, 3.8) is 0 Å². The molecule has 0 spiro atoms. The second kappa shape index (κ2) is 7.90. The number of hydrogen-bond acceptors (Lipinski definition) is 8. The summed E-state index contributed by atoms with van der Waals surface area (Å²) in [7, 11) is -3.73. The predicted molar refractivity (Wildman–Crippen MR) is 122 cm³/mol. The van der Waals surface area contributed by atoms with Crippen molar-refractivity contribution >= 4 is 65.9 Å². The van der Waals surface area contributed by atoms with Gasteiger partial charge < -0.3 is 5.32 Å². The van der Waals surface area contributed by atoms with Gasteiger partial charge >= 0.3 is 0 Å². The lowest BCUT2D eigenvalue weighted by atomic mass is 9.92. The molecule has 11 heteroatoms. The number of rotatable bonds is 4. The molecule has 2 atom stereocenters. The summed E-state index contributed by atoms with van der Waals surface area (Å²) >= 11 is 2.55. The fourth-order valence-corrected chi connectivity index (χ4v) is 7.11. The fourth-order valence-electron chi connectivity index (χ4n) is 4.04. The van der Waals surface area contributed by atoms with Gasteiger partial charge in [-0.15, -0.1) is 11.3 Å². The molecular weight excluding hydrogens is 454 g/mol. The molecule has 1 saturated heterocycles. The molecule has 5 rings (SSSR count). The van der Waals surface area contributed by atoms with Gasteiger partial charge in [-0.1, -0.05) is 6.07 Å². The molecule has 0 unspecified atom stereocenters. The van der Waals surface area contributed by atoms with E-state index in [0.717, 1.165) is 21.9 Å². The first-order chi connectivity index (χ1) is 14.9. The van der Waals surface area contributed by atoms with Crippen molar-refractivity contribution in [1.82, 2.24) is 18.0 Å². The molecule has 160 valence electrons. The molecule has 2 aromatic carbocycles. The number of sulfonamides is 1. The number of piperidine rings is 1. The third kappa shape index (κ3) is 3.71. The van der Waals surface area contributed by atoms with Gasteiger partial charge in [0.2, 0.25) is 15.9 Å². The van der Waals surface area contributed by atoms with E-state index in [9.17, 15) is 13.2 Å². The third-order valence-electron chi connectivity index (χ3n) is 5.62. The van der Waals surface area contributed by atoms with Crippen LogP contribution in [0.15, 0.2) is 46.8 Å². The van der Waals surface area contributed by atoms with E-state index in [-0.39, 0.29) is 29.3 Å².